The average molecular weight is 382 g/mol. The summed E-state index contributed by atoms with van der Waals surface area (Å²) in [5.74, 6) is 0.458. The Morgan fingerprint density at radius 1 is 1.29 bits per heavy atom. The number of pyridine rings is 1. The average Bonchev–Trinajstić information content (AvgIpc) is 2.65. The van der Waals surface area contributed by atoms with Gasteiger partial charge >= 0.3 is 6.09 Å². The fourth-order valence-electron chi connectivity index (χ4n) is 3.57. The second kappa shape index (κ2) is 7.34. The van der Waals surface area contributed by atoms with Crippen molar-refractivity contribution in [2.75, 3.05) is 18.2 Å². The van der Waals surface area contributed by atoms with Crippen molar-refractivity contribution < 1.29 is 9.53 Å². The number of fused-ring (bicyclic) bond motifs is 1. The van der Waals surface area contributed by atoms with Crippen LogP contribution in [0.3, 0.4) is 0 Å². The summed E-state index contributed by atoms with van der Waals surface area (Å²) in [6.07, 6.45) is 10.2. The Bertz CT molecular complexity index is 1030. The molecule has 0 spiro atoms. The molecule has 9 heteroatoms. The molecule has 0 radical (unpaired) electrons. The second-order valence-corrected chi connectivity index (χ2v) is 6.98. The summed E-state index contributed by atoms with van der Waals surface area (Å²) >= 11 is 0. The van der Waals surface area contributed by atoms with Gasteiger partial charge in [-0.2, -0.15) is 4.98 Å². The standard InChI is InChI=1S/C19H22N6O3/c1-28-19(27)23-12-7-5-11(6-8-12)22-18-21-10-14-15(20)9-16(26)25(17(14)24-18)13-3-2-4-13/h2-4,9-12H,5-8,20H2,1H3,(H,23,27)(H,21,22,24). The molecule has 1 saturated carbocycles. The smallest absolute Gasteiger partial charge is 0.407 e. The van der Waals surface area contributed by atoms with Gasteiger partial charge in [-0.25, -0.2) is 9.78 Å². The SMILES string of the molecule is COC(=O)NC1CCC(Nc2ncc3c(N)cc(=O)n(C4=CC=C4)c3n2)CC1. The van der Waals surface area contributed by atoms with Crippen LogP contribution in [0, 0.1) is 0 Å². The van der Waals surface area contributed by atoms with Crippen molar-refractivity contribution in [1.29, 1.82) is 0 Å². The molecule has 1 amide bonds. The highest BCUT2D eigenvalue weighted by atomic mass is 16.5. The molecule has 2 heterocycles. The van der Waals surface area contributed by atoms with Gasteiger partial charge < -0.3 is 21.1 Å². The van der Waals surface area contributed by atoms with E-state index in [4.69, 9.17) is 5.73 Å². The van der Waals surface area contributed by atoms with E-state index in [0.29, 0.717) is 22.7 Å². The van der Waals surface area contributed by atoms with Crippen molar-refractivity contribution >= 4 is 34.5 Å². The normalized spacial score (nSPS) is 21.0. The molecule has 0 aliphatic heterocycles. The van der Waals surface area contributed by atoms with E-state index in [1.54, 1.807) is 6.20 Å². The number of anilines is 2. The number of alkyl carbamates (subject to hydrolysis) is 1. The molecule has 0 atom stereocenters. The number of nitrogens with zero attached hydrogens (tertiary/aromatic N) is 3. The third-order valence-corrected chi connectivity index (χ3v) is 5.15. The first-order chi connectivity index (χ1) is 13.5. The van der Waals surface area contributed by atoms with Gasteiger partial charge in [-0.05, 0) is 37.8 Å². The van der Waals surface area contributed by atoms with Crippen molar-refractivity contribution in [1.82, 2.24) is 19.9 Å². The lowest BCUT2D eigenvalue weighted by atomic mass is 9.91. The molecule has 1 fully saturated rings. The third-order valence-electron chi connectivity index (χ3n) is 5.15. The Hall–Kier alpha value is -3.36. The van der Waals surface area contributed by atoms with E-state index < -0.39 is 6.09 Å². The summed E-state index contributed by atoms with van der Waals surface area (Å²) in [6, 6.07) is 1.70. The number of carbonyl (C=O) groups excluding carboxylic acids is 1. The maximum Gasteiger partial charge on any atom is 0.407 e. The second-order valence-electron chi connectivity index (χ2n) is 6.98. The Morgan fingerprint density at radius 3 is 2.64 bits per heavy atom. The molecule has 9 nitrogen and oxygen atoms in total. The number of aromatic nitrogens is 3. The van der Waals surface area contributed by atoms with Gasteiger partial charge in [0.1, 0.15) is 0 Å². The Balaban J connectivity index is 1.53. The maximum atomic E-state index is 12.4. The van der Waals surface area contributed by atoms with Gasteiger partial charge in [0, 0.05) is 30.0 Å². The van der Waals surface area contributed by atoms with Crippen LogP contribution in [-0.4, -0.2) is 39.8 Å². The predicted molar refractivity (Wildman–Crippen MR) is 107 cm³/mol. The van der Waals surface area contributed by atoms with E-state index in [1.165, 1.54) is 17.7 Å². The van der Waals surface area contributed by atoms with Crippen LogP contribution in [0.1, 0.15) is 25.7 Å². The fourth-order valence-corrected chi connectivity index (χ4v) is 3.57. The Kier molecular flexibility index (Phi) is 4.72. The summed E-state index contributed by atoms with van der Waals surface area (Å²) < 4.78 is 6.18. The number of hydrogen-bond acceptors (Lipinski definition) is 7. The summed E-state index contributed by atoms with van der Waals surface area (Å²) in [6.45, 7) is 0. The van der Waals surface area contributed by atoms with Crippen LogP contribution in [0.2, 0.25) is 0 Å². The molecule has 0 saturated heterocycles. The molecule has 0 aromatic carbocycles. The molecular weight excluding hydrogens is 360 g/mol. The molecule has 2 aliphatic carbocycles. The van der Waals surface area contributed by atoms with Crippen LogP contribution < -0.4 is 21.9 Å². The number of nitrogen functional groups attached to an aromatic ring is 1. The largest absolute Gasteiger partial charge is 0.453 e. The lowest BCUT2D eigenvalue weighted by Crippen LogP contribution is -2.40. The molecule has 4 rings (SSSR count). The van der Waals surface area contributed by atoms with Gasteiger partial charge in [-0.1, -0.05) is 6.08 Å². The van der Waals surface area contributed by atoms with Crippen LogP contribution in [0.5, 0.6) is 0 Å². The van der Waals surface area contributed by atoms with Gasteiger partial charge in [0.25, 0.3) is 5.56 Å². The molecule has 2 aromatic heterocycles. The molecule has 4 N–H and O–H groups in total. The number of methoxy groups -OCH3 is 1. The predicted octanol–water partition coefficient (Wildman–Crippen LogP) is 1.86. The highest BCUT2D eigenvalue weighted by molar-refractivity contribution is 5.90. The lowest BCUT2D eigenvalue weighted by Gasteiger charge is -2.29. The van der Waals surface area contributed by atoms with E-state index >= 15 is 0 Å². The minimum Gasteiger partial charge on any atom is -0.453 e. The summed E-state index contributed by atoms with van der Waals surface area (Å²) in [7, 11) is 1.36. The first kappa shape index (κ1) is 18.0. The summed E-state index contributed by atoms with van der Waals surface area (Å²) in [4.78, 5) is 32.7. The van der Waals surface area contributed by atoms with Crippen LogP contribution in [0.15, 0.2) is 35.3 Å². The molecule has 146 valence electrons. The molecule has 2 aliphatic rings. The minimum atomic E-state index is -0.399. The van der Waals surface area contributed by atoms with Gasteiger partial charge in [-0.15, -0.1) is 0 Å². The highest BCUT2D eigenvalue weighted by Gasteiger charge is 2.23. The number of nitrogens with two attached hydrogens (primary N) is 1. The first-order valence-corrected chi connectivity index (χ1v) is 9.23. The minimum absolute atomic E-state index is 0.116. The number of rotatable bonds is 4. The van der Waals surface area contributed by atoms with Gasteiger partial charge in [0.05, 0.1) is 18.2 Å². The van der Waals surface area contributed by atoms with Gasteiger partial charge in [-0.3, -0.25) is 9.36 Å². The van der Waals surface area contributed by atoms with Crippen molar-refractivity contribution in [3.05, 3.63) is 40.8 Å². The molecule has 2 aromatic rings. The van der Waals surface area contributed by atoms with Crippen LogP contribution in [0.25, 0.3) is 16.7 Å². The maximum absolute atomic E-state index is 12.4. The Morgan fingerprint density at radius 2 is 2.00 bits per heavy atom. The highest BCUT2D eigenvalue weighted by Crippen LogP contribution is 2.25. The van der Waals surface area contributed by atoms with Crippen molar-refractivity contribution in [2.45, 2.75) is 37.8 Å². The van der Waals surface area contributed by atoms with E-state index in [1.807, 2.05) is 18.2 Å². The van der Waals surface area contributed by atoms with Crippen LogP contribution in [-0.2, 0) is 4.74 Å². The van der Waals surface area contributed by atoms with Gasteiger partial charge in [0.2, 0.25) is 5.95 Å². The van der Waals surface area contributed by atoms with Gasteiger partial charge in [0.15, 0.2) is 5.65 Å². The lowest BCUT2D eigenvalue weighted by molar-refractivity contribution is 0.162. The number of ether oxygens (including phenoxy) is 1. The van der Waals surface area contributed by atoms with Crippen LogP contribution >= 0.6 is 0 Å². The number of nitrogens with one attached hydrogen (secondary N) is 2. The summed E-state index contributed by atoms with van der Waals surface area (Å²) in [5.41, 5.74) is 7.39. The quantitative estimate of drug-likeness (QED) is 0.737. The number of carbonyl (C=O) groups is 1. The molecule has 0 unspecified atom stereocenters. The van der Waals surface area contributed by atoms with Crippen molar-refractivity contribution in [3.8, 4) is 0 Å². The topological polar surface area (TPSA) is 124 Å². The van der Waals surface area contributed by atoms with Crippen molar-refractivity contribution in [2.24, 2.45) is 0 Å². The van der Waals surface area contributed by atoms with E-state index in [-0.39, 0.29) is 17.6 Å². The number of allylic oxidation sites excluding steroid dienone is 4. The zero-order valence-electron chi connectivity index (χ0n) is 15.5. The zero-order chi connectivity index (χ0) is 19.7. The van der Waals surface area contributed by atoms with E-state index in [0.717, 1.165) is 31.4 Å². The summed E-state index contributed by atoms with van der Waals surface area (Å²) in [5, 5.41) is 6.82. The Labute approximate surface area is 161 Å². The molecular formula is C19H22N6O3. The monoisotopic (exact) mass is 382 g/mol. The third kappa shape index (κ3) is 3.42. The fraction of sp³-hybridized carbons (Fsp3) is 0.368. The van der Waals surface area contributed by atoms with E-state index in [2.05, 4.69) is 25.3 Å². The zero-order valence-corrected chi connectivity index (χ0v) is 15.5. The number of hydrogen-bond donors (Lipinski definition) is 3. The molecule has 0 bridgehead atoms. The number of amides is 1. The molecule has 28 heavy (non-hydrogen) atoms. The van der Waals surface area contributed by atoms with Crippen molar-refractivity contribution in [3.63, 3.8) is 0 Å². The first-order valence-electron chi connectivity index (χ1n) is 9.23. The van der Waals surface area contributed by atoms with Crippen LogP contribution in [0.4, 0.5) is 16.4 Å². The van der Waals surface area contributed by atoms with E-state index in [9.17, 15) is 9.59 Å².